The van der Waals surface area contributed by atoms with Crippen LogP contribution >= 0.6 is 0 Å². The highest BCUT2D eigenvalue weighted by Crippen LogP contribution is 2.33. The molecule has 0 saturated carbocycles. The zero-order chi connectivity index (χ0) is 21.0. The lowest BCUT2D eigenvalue weighted by molar-refractivity contribution is -0.133. The van der Waals surface area contributed by atoms with Crippen molar-refractivity contribution in [1.82, 2.24) is 15.1 Å². The molecule has 2 aliphatic rings. The molecule has 0 aromatic heterocycles. The second-order valence-electron chi connectivity index (χ2n) is 8.41. The Morgan fingerprint density at radius 1 is 1.10 bits per heavy atom. The van der Waals surface area contributed by atoms with E-state index in [-0.39, 0.29) is 18.1 Å². The summed E-state index contributed by atoms with van der Waals surface area (Å²) in [5.74, 6) is 1.07. The second kappa shape index (κ2) is 8.90. The number of piperazine rings is 1. The van der Waals surface area contributed by atoms with Crippen molar-refractivity contribution < 1.29 is 23.8 Å². The standard InChI is InChI=1S/C21H31N3O5/c1-15-18(28-17-8-6-5-7-16(17)27-15)19(25)22-9-10-23-11-13-24(14-12-23)20(26)29-21(2,3)4/h5-8,15,18H,9-14H2,1-4H3,(H,22,25). The number of hydrogen-bond donors (Lipinski definition) is 1. The fourth-order valence-electron chi connectivity index (χ4n) is 3.32. The highest BCUT2D eigenvalue weighted by Gasteiger charge is 2.34. The van der Waals surface area contributed by atoms with Crippen molar-refractivity contribution >= 4 is 12.0 Å². The molecular weight excluding hydrogens is 374 g/mol. The van der Waals surface area contributed by atoms with Crippen LogP contribution in [-0.4, -0.2) is 78.9 Å². The Morgan fingerprint density at radius 2 is 1.72 bits per heavy atom. The number of carbonyl (C=O) groups excluding carboxylic acids is 2. The summed E-state index contributed by atoms with van der Waals surface area (Å²) in [6.07, 6.45) is -1.30. The van der Waals surface area contributed by atoms with Crippen molar-refractivity contribution in [3.8, 4) is 11.5 Å². The van der Waals surface area contributed by atoms with Gasteiger partial charge in [-0.25, -0.2) is 4.79 Å². The molecule has 2 amide bonds. The minimum atomic E-state index is -0.672. The van der Waals surface area contributed by atoms with Crippen LogP contribution in [0, 0.1) is 0 Å². The molecule has 0 bridgehead atoms. The topological polar surface area (TPSA) is 80.3 Å². The smallest absolute Gasteiger partial charge is 0.410 e. The van der Waals surface area contributed by atoms with Gasteiger partial charge in [-0.15, -0.1) is 0 Å². The molecule has 160 valence electrons. The van der Waals surface area contributed by atoms with Gasteiger partial charge in [-0.2, -0.15) is 0 Å². The van der Waals surface area contributed by atoms with Crippen molar-refractivity contribution in [1.29, 1.82) is 0 Å². The summed E-state index contributed by atoms with van der Waals surface area (Å²) >= 11 is 0. The van der Waals surface area contributed by atoms with Gasteiger partial charge in [0.25, 0.3) is 5.91 Å². The molecule has 29 heavy (non-hydrogen) atoms. The molecule has 1 aromatic rings. The van der Waals surface area contributed by atoms with Crippen LogP contribution in [0.5, 0.6) is 11.5 Å². The van der Waals surface area contributed by atoms with E-state index in [0.717, 1.165) is 13.1 Å². The van der Waals surface area contributed by atoms with Gasteiger partial charge >= 0.3 is 6.09 Å². The normalized spacial score (nSPS) is 22.1. The van der Waals surface area contributed by atoms with Gasteiger partial charge in [-0.3, -0.25) is 9.69 Å². The van der Waals surface area contributed by atoms with E-state index < -0.39 is 11.7 Å². The number of nitrogens with zero attached hydrogens (tertiary/aromatic N) is 2. The summed E-state index contributed by atoms with van der Waals surface area (Å²) in [4.78, 5) is 28.6. The molecule has 8 heteroatoms. The molecule has 0 radical (unpaired) electrons. The van der Waals surface area contributed by atoms with Crippen LogP contribution in [0.3, 0.4) is 0 Å². The van der Waals surface area contributed by atoms with Gasteiger partial charge in [-0.05, 0) is 39.8 Å². The predicted octanol–water partition coefficient (Wildman–Crippen LogP) is 1.88. The van der Waals surface area contributed by atoms with E-state index in [0.29, 0.717) is 37.7 Å². The van der Waals surface area contributed by atoms with Gasteiger partial charge in [0.05, 0.1) is 0 Å². The minimum Gasteiger partial charge on any atom is -0.482 e. The fraction of sp³-hybridized carbons (Fsp3) is 0.619. The Kier molecular flexibility index (Phi) is 6.52. The monoisotopic (exact) mass is 405 g/mol. The van der Waals surface area contributed by atoms with Crippen molar-refractivity contribution in [2.45, 2.75) is 45.5 Å². The number of ether oxygens (including phenoxy) is 3. The van der Waals surface area contributed by atoms with Crippen molar-refractivity contribution in [3.05, 3.63) is 24.3 Å². The number of nitrogens with one attached hydrogen (secondary N) is 1. The highest BCUT2D eigenvalue weighted by atomic mass is 16.6. The molecule has 0 aliphatic carbocycles. The van der Waals surface area contributed by atoms with Crippen molar-refractivity contribution in [3.63, 3.8) is 0 Å². The van der Waals surface area contributed by atoms with Gasteiger partial charge in [0.15, 0.2) is 11.5 Å². The zero-order valence-electron chi connectivity index (χ0n) is 17.6. The lowest BCUT2D eigenvalue weighted by Crippen LogP contribution is -2.53. The van der Waals surface area contributed by atoms with E-state index in [1.807, 2.05) is 45.9 Å². The molecule has 2 unspecified atom stereocenters. The number of carbonyl (C=O) groups is 2. The molecule has 2 heterocycles. The predicted molar refractivity (Wildman–Crippen MR) is 108 cm³/mol. The van der Waals surface area contributed by atoms with E-state index in [9.17, 15) is 9.59 Å². The molecule has 3 rings (SSSR count). The molecule has 1 N–H and O–H groups in total. The SMILES string of the molecule is CC1Oc2ccccc2OC1C(=O)NCCN1CCN(C(=O)OC(C)(C)C)CC1. The van der Waals surface area contributed by atoms with Gasteiger partial charge in [0, 0.05) is 39.3 Å². The summed E-state index contributed by atoms with van der Waals surface area (Å²) < 4.78 is 17.0. The van der Waals surface area contributed by atoms with Crippen molar-refractivity contribution in [2.75, 3.05) is 39.3 Å². The number of para-hydroxylation sites is 2. The van der Waals surface area contributed by atoms with Gasteiger partial charge < -0.3 is 24.4 Å². The molecule has 2 atom stereocenters. The first-order valence-corrected chi connectivity index (χ1v) is 10.1. The van der Waals surface area contributed by atoms with E-state index in [2.05, 4.69) is 10.2 Å². The summed E-state index contributed by atoms with van der Waals surface area (Å²) in [5, 5.41) is 2.94. The molecule has 0 spiro atoms. The van der Waals surface area contributed by atoms with E-state index in [4.69, 9.17) is 14.2 Å². The lowest BCUT2D eigenvalue weighted by Gasteiger charge is -2.35. The van der Waals surface area contributed by atoms with Crippen LogP contribution in [0.25, 0.3) is 0 Å². The van der Waals surface area contributed by atoms with Gasteiger partial charge in [0.2, 0.25) is 6.10 Å². The zero-order valence-corrected chi connectivity index (χ0v) is 17.6. The highest BCUT2D eigenvalue weighted by molar-refractivity contribution is 5.82. The maximum Gasteiger partial charge on any atom is 0.410 e. The molecule has 1 aromatic carbocycles. The first-order valence-electron chi connectivity index (χ1n) is 10.1. The van der Waals surface area contributed by atoms with E-state index in [1.165, 1.54) is 0 Å². The average Bonchev–Trinajstić information content (AvgIpc) is 2.66. The Balaban J connectivity index is 1.39. The fourth-order valence-corrected chi connectivity index (χ4v) is 3.32. The third kappa shape index (κ3) is 5.76. The van der Waals surface area contributed by atoms with Crippen molar-refractivity contribution in [2.24, 2.45) is 0 Å². The maximum absolute atomic E-state index is 12.5. The minimum absolute atomic E-state index is 0.181. The quantitative estimate of drug-likeness (QED) is 0.824. The Morgan fingerprint density at radius 3 is 2.34 bits per heavy atom. The third-order valence-corrected chi connectivity index (χ3v) is 4.85. The second-order valence-corrected chi connectivity index (χ2v) is 8.41. The third-order valence-electron chi connectivity index (χ3n) is 4.85. The Labute approximate surface area is 172 Å². The van der Waals surface area contributed by atoms with Crippen LogP contribution in [0.15, 0.2) is 24.3 Å². The van der Waals surface area contributed by atoms with Crippen LogP contribution < -0.4 is 14.8 Å². The summed E-state index contributed by atoms with van der Waals surface area (Å²) in [6, 6.07) is 7.35. The number of fused-ring (bicyclic) bond motifs is 1. The molecule has 1 fully saturated rings. The number of rotatable bonds is 4. The Hall–Kier alpha value is -2.48. The average molecular weight is 405 g/mol. The first-order chi connectivity index (χ1) is 13.7. The molecular formula is C21H31N3O5. The first kappa shape index (κ1) is 21.2. The molecule has 8 nitrogen and oxygen atoms in total. The van der Waals surface area contributed by atoms with E-state index >= 15 is 0 Å². The molecule has 2 aliphatic heterocycles. The molecule has 1 saturated heterocycles. The Bertz CT molecular complexity index is 725. The van der Waals surface area contributed by atoms with Crippen LogP contribution in [0.4, 0.5) is 4.79 Å². The van der Waals surface area contributed by atoms with E-state index in [1.54, 1.807) is 11.0 Å². The lowest BCUT2D eigenvalue weighted by atomic mass is 10.1. The van der Waals surface area contributed by atoms with Crippen LogP contribution in [0.2, 0.25) is 0 Å². The summed E-state index contributed by atoms with van der Waals surface area (Å²) in [5.41, 5.74) is -0.485. The summed E-state index contributed by atoms with van der Waals surface area (Å²) in [6.45, 7) is 11.4. The summed E-state index contributed by atoms with van der Waals surface area (Å²) in [7, 11) is 0. The maximum atomic E-state index is 12.5. The number of benzene rings is 1. The number of amides is 2. The van der Waals surface area contributed by atoms with Crippen LogP contribution in [-0.2, 0) is 9.53 Å². The van der Waals surface area contributed by atoms with Gasteiger partial charge in [0.1, 0.15) is 11.7 Å². The van der Waals surface area contributed by atoms with Gasteiger partial charge in [-0.1, -0.05) is 12.1 Å². The van der Waals surface area contributed by atoms with Crippen LogP contribution in [0.1, 0.15) is 27.7 Å². The largest absolute Gasteiger partial charge is 0.482 e. The number of hydrogen-bond acceptors (Lipinski definition) is 6.